The molecule has 0 atom stereocenters. The van der Waals surface area contributed by atoms with Crippen LogP contribution in [-0.2, 0) is 13.0 Å². The third kappa shape index (κ3) is 4.02. The van der Waals surface area contributed by atoms with Crippen molar-refractivity contribution in [1.82, 2.24) is 19.7 Å². The topological polar surface area (TPSA) is 102 Å². The lowest BCUT2D eigenvalue weighted by Gasteiger charge is -2.23. The highest BCUT2D eigenvalue weighted by atomic mass is 19.1. The van der Waals surface area contributed by atoms with Crippen LogP contribution < -0.4 is 16.0 Å². The van der Waals surface area contributed by atoms with Crippen LogP contribution in [0.1, 0.15) is 34.5 Å². The number of benzene rings is 2. The van der Waals surface area contributed by atoms with Crippen molar-refractivity contribution in [1.29, 1.82) is 0 Å². The number of carbonyl (C=O) groups excluding carboxylic acids is 1. The maximum atomic E-state index is 14.3. The van der Waals surface area contributed by atoms with Crippen LogP contribution in [0.5, 0.6) is 0 Å². The predicted molar refractivity (Wildman–Crippen MR) is 125 cm³/mol. The van der Waals surface area contributed by atoms with Gasteiger partial charge in [0.25, 0.3) is 5.95 Å². The number of aromatic nitrogens is 4. The third-order valence-corrected chi connectivity index (χ3v) is 5.94. The number of anilines is 2. The van der Waals surface area contributed by atoms with Gasteiger partial charge >= 0.3 is 0 Å². The van der Waals surface area contributed by atoms with Gasteiger partial charge in [-0.2, -0.15) is 14.8 Å². The molecule has 0 fully saturated rings. The Labute approximate surface area is 194 Å². The van der Waals surface area contributed by atoms with Gasteiger partial charge in [-0.1, -0.05) is 12.1 Å². The Balaban J connectivity index is 1.63. The minimum absolute atomic E-state index is 0.0418. The molecule has 0 saturated heterocycles. The number of nitrogens with one attached hydrogen (secondary N) is 1. The molecular formula is C24H23F2N7O. The first kappa shape index (κ1) is 21.7. The molecular weight excluding hydrogens is 440 g/mol. The number of nitrogens with zero attached hydrogens (tertiary/aromatic N) is 5. The Morgan fingerprint density at radius 3 is 2.79 bits per heavy atom. The molecule has 4 aromatic rings. The van der Waals surface area contributed by atoms with E-state index in [1.165, 1.54) is 29.1 Å². The first-order valence-electron chi connectivity index (χ1n) is 11.0. The summed E-state index contributed by atoms with van der Waals surface area (Å²) in [4.78, 5) is 23.4. The van der Waals surface area contributed by atoms with E-state index in [0.29, 0.717) is 23.3 Å². The van der Waals surface area contributed by atoms with Gasteiger partial charge in [0, 0.05) is 31.6 Å². The summed E-state index contributed by atoms with van der Waals surface area (Å²) >= 11 is 0. The highest BCUT2D eigenvalue weighted by Gasteiger charge is 2.23. The Morgan fingerprint density at radius 2 is 2.00 bits per heavy atom. The van der Waals surface area contributed by atoms with Gasteiger partial charge in [-0.05, 0) is 43.0 Å². The normalized spacial score (nSPS) is 13.6. The number of aryl methyl sites for hydroxylation is 1. The van der Waals surface area contributed by atoms with Crippen LogP contribution in [0.4, 0.5) is 20.3 Å². The van der Waals surface area contributed by atoms with Gasteiger partial charge in [0.15, 0.2) is 5.82 Å². The fourth-order valence-corrected chi connectivity index (χ4v) is 4.32. The minimum atomic E-state index is -0.744. The van der Waals surface area contributed by atoms with Crippen LogP contribution in [0.3, 0.4) is 0 Å². The molecule has 1 aliphatic heterocycles. The molecule has 0 bridgehead atoms. The summed E-state index contributed by atoms with van der Waals surface area (Å²) in [6.45, 7) is 1.21. The van der Waals surface area contributed by atoms with Crippen LogP contribution in [0.2, 0.25) is 0 Å². The highest BCUT2D eigenvalue weighted by molar-refractivity contribution is 6.05. The number of nitrogens with two attached hydrogens (primary N) is 1. The van der Waals surface area contributed by atoms with E-state index >= 15 is 0 Å². The summed E-state index contributed by atoms with van der Waals surface area (Å²) < 4.78 is 29.4. The number of halogens is 2. The summed E-state index contributed by atoms with van der Waals surface area (Å²) in [5.41, 5.74) is 8.29. The quantitative estimate of drug-likeness (QED) is 0.469. The average molecular weight is 463 g/mol. The fraction of sp³-hybridized carbons (Fsp3) is 0.250. The van der Waals surface area contributed by atoms with Gasteiger partial charge in [-0.15, -0.1) is 0 Å². The van der Waals surface area contributed by atoms with Crippen molar-refractivity contribution in [2.75, 3.05) is 23.8 Å². The predicted octanol–water partition coefficient (Wildman–Crippen LogP) is 3.58. The zero-order valence-corrected chi connectivity index (χ0v) is 18.6. The summed E-state index contributed by atoms with van der Waals surface area (Å²) in [5, 5.41) is 8.07. The van der Waals surface area contributed by atoms with Crippen molar-refractivity contribution in [3.63, 3.8) is 0 Å². The molecule has 2 aromatic heterocycles. The second-order valence-corrected chi connectivity index (χ2v) is 8.34. The number of hydrogen-bond acceptors (Lipinski definition) is 6. The fourth-order valence-electron chi connectivity index (χ4n) is 4.32. The smallest absolute Gasteiger partial charge is 0.253 e. The maximum Gasteiger partial charge on any atom is 0.253 e. The van der Waals surface area contributed by atoms with Crippen LogP contribution in [0.15, 0.2) is 42.6 Å². The lowest BCUT2D eigenvalue weighted by molar-refractivity contribution is 0.100. The van der Waals surface area contributed by atoms with E-state index in [-0.39, 0.29) is 17.3 Å². The molecule has 0 saturated carbocycles. The van der Waals surface area contributed by atoms with Crippen LogP contribution in [0.25, 0.3) is 16.9 Å². The van der Waals surface area contributed by atoms with Gasteiger partial charge in [-0.3, -0.25) is 4.79 Å². The Kier molecular flexibility index (Phi) is 5.56. The number of primary amides is 1. The zero-order chi connectivity index (χ0) is 23.8. The molecule has 0 aliphatic carbocycles. The SMILES string of the molecule is CN1CCCCc2nc(-n3ncc4c(C(N)=O)cc(F)cc43)nc(NCc3cccc(F)c3)c21. The van der Waals surface area contributed by atoms with E-state index in [9.17, 15) is 13.6 Å². The van der Waals surface area contributed by atoms with E-state index in [2.05, 4.69) is 15.3 Å². The minimum Gasteiger partial charge on any atom is -0.370 e. The molecule has 1 amide bonds. The van der Waals surface area contributed by atoms with Crippen molar-refractivity contribution in [3.8, 4) is 5.95 Å². The second kappa shape index (κ2) is 8.69. The molecule has 8 nitrogen and oxygen atoms in total. The highest BCUT2D eigenvalue weighted by Crippen LogP contribution is 2.32. The lowest BCUT2D eigenvalue weighted by atomic mass is 10.1. The number of carbonyl (C=O) groups is 1. The maximum absolute atomic E-state index is 14.3. The largest absolute Gasteiger partial charge is 0.370 e. The van der Waals surface area contributed by atoms with E-state index in [4.69, 9.17) is 15.7 Å². The second-order valence-electron chi connectivity index (χ2n) is 8.34. The number of rotatable bonds is 5. The lowest BCUT2D eigenvalue weighted by Crippen LogP contribution is -2.22. The van der Waals surface area contributed by atoms with Gasteiger partial charge < -0.3 is 16.0 Å². The van der Waals surface area contributed by atoms with E-state index < -0.39 is 11.7 Å². The van der Waals surface area contributed by atoms with Crippen LogP contribution >= 0.6 is 0 Å². The van der Waals surface area contributed by atoms with E-state index in [1.54, 1.807) is 6.07 Å². The van der Waals surface area contributed by atoms with Crippen molar-refractivity contribution in [3.05, 3.63) is 71.1 Å². The van der Waals surface area contributed by atoms with Crippen molar-refractivity contribution in [2.24, 2.45) is 5.73 Å². The summed E-state index contributed by atoms with van der Waals surface area (Å²) in [7, 11) is 1.98. The average Bonchev–Trinajstić information content (AvgIpc) is 3.13. The molecule has 0 radical (unpaired) electrons. The number of fused-ring (bicyclic) bond motifs is 2. The van der Waals surface area contributed by atoms with Gasteiger partial charge in [0.05, 0.1) is 23.0 Å². The first-order valence-corrected chi connectivity index (χ1v) is 11.0. The molecule has 174 valence electrons. The Hall–Kier alpha value is -4.08. The van der Waals surface area contributed by atoms with Crippen LogP contribution in [-0.4, -0.2) is 39.2 Å². The summed E-state index contributed by atoms with van der Waals surface area (Å²) in [5.74, 6) is -0.850. The Morgan fingerprint density at radius 1 is 1.15 bits per heavy atom. The van der Waals surface area contributed by atoms with Gasteiger partial charge in [0.1, 0.15) is 17.3 Å². The van der Waals surface area contributed by atoms with E-state index in [0.717, 1.165) is 48.8 Å². The monoisotopic (exact) mass is 463 g/mol. The Bertz CT molecular complexity index is 1400. The van der Waals surface area contributed by atoms with Crippen LogP contribution in [0, 0.1) is 11.6 Å². The molecule has 0 unspecified atom stereocenters. The molecule has 1 aliphatic rings. The molecule has 2 aromatic carbocycles. The summed E-state index contributed by atoms with van der Waals surface area (Å²) in [6.07, 6.45) is 4.15. The van der Waals surface area contributed by atoms with E-state index in [1.807, 2.05) is 13.1 Å². The van der Waals surface area contributed by atoms with Crippen molar-refractivity contribution in [2.45, 2.75) is 25.8 Å². The van der Waals surface area contributed by atoms with Crippen molar-refractivity contribution < 1.29 is 13.6 Å². The molecule has 3 N–H and O–H groups in total. The molecule has 10 heteroatoms. The summed E-state index contributed by atoms with van der Waals surface area (Å²) in [6, 6.07) is 8.72. The molecule has 34 heavy (non-hydrogen) atoms. The zero-order valence-electron chi connectivity index (χ0n) is 18.6. The third-order valence-electron chi connectivity index (χ3n) is 5.94. The molecule has 0 spiro atoms. The number of amides is 1. The molecule has 5 rings (SSSR count). The van der Waals surface area contributed by atoms with Gasteiger partial charge in [-0.25, -0.2) is 13.8 Å². The first-order chi connectivity index (χ1) is 16.4. The molecule has 3 heterocycles. The van der Waals surface area contributed by atoms with Gasteiger partial charge in [0.2, 0.25) is 5.91 Å². The standard InChI is InChI=1S/C24H23F2N7O/c1-32-8-3-2-7-19-21(32)23(28-12-14-5-4-6-15(25)9-14)31-24(30-19)33-20-11-16(26)10-17(22(27)34)18(20)13-29-33/h4-6,9-11,13H,2-3,7-8,12H2,1H3,(H2,27,34)(H,28,30,31). The van der Waals surface area contributed by atoms with Crippen molar-refractivity contribution >= 4 is 28.3 Å². The number of hydrogen-bond donors (Lipinski definition) is 2.